The Kier molecular flexibility index (Phi) is 8.69. The predicted octanol–water partition coefficient (Wildman–Crippen LogP) is 8.62. The second-order valence-corrected chi connectivity index (χ2v) is 14.8. The molecule has 0 aromatic heterocycles. The Morgan fingerprint density at radius 1 is 0.333 bits per heavy atom. The van der Waals surface area contributed by atoms with Gasteiger partial charge in [0.25, 0.3) is 0 Å². The number of benzene rings is 5. The number of aryl methyl sites for hydroxylation is 3. The molecule has 230 valence electrons. The fourth-order valence-corrected chi connectivity index (χ4v) is 8.11. The van der Waals surface area contributed by atoms with Gasteiger partial charge in [0.1, 0.15) is 28.7 Å². The van der Waals surface area contributed by atoms with Crippen molar-refractivity contribution in [3.63, 3.8) is 0 Å². The van der Waals surface area contributed by atoms with Crippen LogP contribution >= 0.6 is 45.2 Å². The van der Waals surface area contributed by atoms with Crippen LogP contribution in [0.25, 0.3) is 0 Å². The van der Waals surface area contributed by atoms with E-state index in [0.29, 0.717) is 87.7 Å². The molecule has 6 rings (SSSR count). The van der Waals surface area contributed by atoms with Crippen LogP contribution in [0.4, 0.5) is 0 Å². The molecule has 1 aliphatic rings. The molecule has 0 saturated carbocycles. The maximum atomic E-state index is 11.5. The van der Waals surface area contributed by atoms with Crippen molar-refractivity contribution in [2.75, 3.05) is 0 Å². The molecule has 0 amide bonds. The minimum atomic E-state index is 0.133. The summed E-state index contributed by atoms with van der Waals surface area (Å²) in [4.78, 5) is 0. The van der Waals surface area contributed by atoms with Gasteiger partial charge in [0.2, 0.25) is 0 Å². The van der Waals surface area contributed by atoms with Crippen LogP contribution in [0.1, 0.15) is 72.3 Å². The van der Waals surface area contributed by atoms with Crippen LogP contribution in [-0.4, -0.2) is 25.5 Å². The largest absolute Gasteiger partial charge is 0.507 e. The lowest BCUT2D eigenvalue weighted by molar-refractivity contribution is 0.450. The molecule has 5 nitrogen and oxygen atoms in total. The summed E-state index contributed by atoms with van der Waals surface area (Å²) in [6, 6.07) is 19.3. The predicted molar refractivity (Wildman–Crippen MR) is 194 cm³/mol. The number of hydrogen-bond donors (Lipinski definition) is 5. The molecule has 45 heavy (non-hydrogen) atoms. The van der Waals surface area contributed by atoms with E-state index >= 15 is 0 Å². The molecule has 10 bridgehead atoms. The first kappa shape index (κ1) is 31.5. The van der Waals surface area contributed by atoms with E-state index in [9.17, 15) is 25.5 Å². The van der Waals surface area contributed by atoms with Gasteiger partial charge in [0, 0.05) is 39.2 Å². The number of phenolic OH excluding ortho intramolecular Hbond substituents is 5. The van der Waals surface area contributed by atoms with Gasteiger partial charge in [-0.15, -0.1) is 0 Å². The first-order chi connectivity index (χ1) is 21.4. The highest BCUT2D eigenvalue weighted by molar-refractivity contribution is 14.1. The first-order valence-electron chi connectivity index (χ1n) is 14.8. The fourth-order valence-electron chi connectivity index (χ4n) is 6.61. The van der Waals surface area contributed by atoms with Crippen molar-refractivity contribution in [2.45, 2.75) is 52.9 Å². The number of rotatable bonds is 0. The molecule has 0 saturated heterocycles. The summed E-state index contributed by atoms with van der Waals surface area (Å²) >= 11 is 4.47. The Morgan fingerprint density at radius 3 is 0.667 bits per heavy atom. The Labute approximate surface area is 290 Å². The van der Waals surface area contributed by atoms with Gasteiger partial charge in [0.05, 0.1) is 0 Å². The quantitative estimate of drug-likeness (QED) is 0.0989. The van der Waals surface area contributed by atoms with Gasteiger partial charge < -0.3 is 25.5 Å². The van der Waals surface area contributed by atoms with Gasteiger partial charge in [0.15, 0.2) is 0 Å². The van der Waals surface area contributed by atoms with Gasteiger partial charge in [-0.05, 0) is 146 Å². The van der Waals surface area contributed by atoms with E-state index in [1.54, 1.807) is 0 Å². The molecule has 5 N–H and O–H groups in total. The number of fused-ring (bicyclic) bond motifs is 10. The van der Waals surface area contributed by atoms with E-state index in [1.807, 2.05) is 81.4 Å². The zero-order valence-corrected chi connectivity index (χ0v) is 29.6. The van der Waals surface area contributed by atoms with Crippen LogP contribution in [0.2, 0.25) is 0 Å². The Balaban J connectivity index is 1.60. The van der Waals surface area contributed by atoms with Gasteiger partial charge in [-0.2, -0.15) is 0 Å². The average molecular weight is 824 g/mol. The lowest BCUT2D eigenvalue weighted by atomic mass is 9.90. The zero-order valence-electron chi connectivity index (χ0n) is 25.3. The summed E-state index contributed by atoms with van der Waals surface area (Å²) in [5.74, 6) is 0.680. The van der Waals surface area contributed by atoms with E-state index in [0.717, 1.165) is 23.8 Å². The Bertz CT molecular complexity index is 1550. The molecular weight excluding hydrogens is 790 g/mol. The SMILES string of the molecule is Cc1cc2c(O)c(c1)Cc1cc(C)cc(c1O)Cc1cc(I)cc(c1O)Cc1cc(I)cc(c1O)Cc1cc(C)cc(c1O)C2. The highest BCUT2D eigenvalue weighted by atomic mass is 127. The van der Waals surface area contributed by atoms with Crippen molar-refractivity contribution < 1.29 is 25.5 Å². The third-order valence-electron chi connectivity index (χ3n) is 8.61. The number of aromatic hydroxyl groups is 5. The summed E-state index contributed by atoms with van der Waals surface area (Å²) in [6.07, 6.45) is 1.59. The molecular formula is C38H34I2O5. The van der Waals surface area contributed by atoms with Crippen LogP contribution in [0, 0.1) is 27.9 Å². The lowest BCUT2D eigenvalue weighted by Gasteiger charge is -2.18. The summed E-state index contributed by atoms with van der Waals surface area (Å²) in [7, 11) is 0. The molecule has 0 aliphatic heterocycles. The fraction of sp³-hybridized carbons (Fsp3) is 0.211. The maximum Gasteiger partial charge on any atom is 0.122 e. The topological polar surface area (TPSA) is 101 Å². The maximum absolute atomic E-state index is 11.5. The van der Waals surface area contributed by atoms with Crippen LogP contribution in [0.5, 0.6) is 28.7 Å². The van der Waals surface area contributed by atoms with E-state index in [4.69, 9.17) is 0 Å². The average Bonchev–Trinajstić information content (AvgIpc) is 2.96. The minimum Gasteiger partial charge on any atom is -0.507 e. The standard InChI is InChI=1S/C38H34I2O5/c1-19-4-22-10-24-6-20(2)8-26(35(24)42)12-28-15-32(39)17-30(37(28)44)14-31-18-33(40)16-29(38(31)45)13-27-9-21(3)7-25(36(27)43)11-23(5-19)34(22)41/h4-9,15-18,41-45H,10-14H2,1-3H3. The van der Waals surface area contributed by atoms with E-state index in [1.165, 1.54) is 0 Å². The van der Waals surface area contributed by atoms with E-state index < -0.39 is 0 Å². The second-order valence-electron chi connectivity index (χ2n) is 12.3. The molecule has 0 fully saturated rings. The third kappa shape index (κ3) is 6.47. The van der Waals surface area contributed by atoms with Crippen LogP contribution in [0.3, 0.4) is 0 Å². The molecule has 0 atom stereocenters. The zero-order chi connectivity index (χ0) is 32.2. The van der Waals surface area contributed by atoms with Crippen molar-refractivity contribution in [3.05, 3.63) is 140 Å². The lowest BCUT2D eigenvalue weighted by Crippen LogP contribution is -2.02. The van der Waals surface area contributed by atoms with Gasteiger partial charge in [-0.25, -0.2) is 0 Å². The van der Waals surface area contributed by atoms with E-state index in [-0.39, 0.29) is 28.7 Å². The molecule has 0 radical (unpaired) electrons. The molecule has 7 heteroatoms. The Hall–Kier alpha value is -3.44. The van der Waals surface area contributed by atoms with Crippen molar-refractivity contribution in [2.24, 2.45) is 0 Å². The Morgan fingerprint density at radius 2 is 0.489 bits per heavy atom. The van der Waals surface area contributed by atoms with Gasteiger partial charge in [-0.3, -0.25) is 0 Å². The molecule has 5 aromatic carbocycles. The normalized spacial score (nSPS) is 13.0. The van der Waals surface area contributed by atoms with Crippen LogP contribution in [-0.2, 0) is 32.1 Å². The van der Waals surface area contributed by atoms with Gasteiger partial charge in [-0.1, -0.05) is 53.1 Å². The van der Waals surface area contributed by atoms with Gasteiger partial charge >= 0.3 is 0 Å². The molecule has 1 aliphatic carbocycles. The summed E-state index contributed by atoms with van der Waals surface area (Å²) in [6.45, 7) is 5.92. The molecule has 0 heterocycles. The van der Waals surface area contributed by atoms with Crippen molar-refractivity contribution in [1.29, 1.82) is 0 Å². The number of hydrogen-bond acceptors (Lipinski definition) is 5. The monoisotopic (exact) mass is 824 g/mol. The molecule has 0 spiro atoms. The molecule has 5 aromatic rings. The molecule has 0 unspecified atom stereocenters. The summed E-state index contributed by atoms with van der Waals surface area (Å²) in [5.41, 5.74) is 9.75. The summed E-state index contributed by atoms with van der Waals surface area (Å²) < 4.78 is 1.87. The minimum absolute atomic E-state index is 0.133. The first-order valence-corrected chi connectivity index (χ1v) is 17.0. The van der Waals surface area contributed by atoms with Crippen molar-refractivity contribution in [1.82, 2.24) is 0 Å². The number of phenols is 5. The second kappa shape index (κ2) is 12.4. The van der Waals surface area contributed by atoms with E-state index in [2.05, 4.69) is 45.2 Å². The van der Waals surface area contributed by atoms with Crippen LogP contribution < -0.4 is 0 Å². The highest BCUT2D eigenvalue weighted by Crippen LogP contribution is 2.39. The van der Waals surface area contributed by atoms with Crippen molar-refractivity contribution >= 4 is 45.2 Å². The third-order valence-corrected chi connectivity index (χ3v) is 9.85. The van der Waals surface area contributed by atoms with Crippen molar-refractivity contribution in [3.8, 4) is 28.7 Å². The van der Waals surface area contributed by atoms with Crippen LogP contribution in [0.15, 0.2) is 60.7 Å². The number of halogens is 2. The summed E-state index contributed by atoms with van der Waals surface area (Å²) in [5, 5.41) is 57.5. The smallest absolute Gasteiger partial charge is 0.122 e. The highest BCUT2D eigenvalue weighted by Gasteiger charge is 2.21.